The SMILES string of the molecule is O=C(Nc1ncc(F)cc1F)C(=CO)NC(c1ccccc1)(c1ccccc1)c1ccccc1. The van der Waals surface area contributed by atoms with Gasteiger partial charge in [0.05, 0.1) is 6.20 Å². The van der Waals surface area contributed by atoms with E-state index in [1.165, 1.54) is 0 Å². The average Bonchev–Trinajstić information content (AvgIpc) is 2.88. The van der Waals surface area contributed by atoms with Crippen LogP contribution < -0.4 is 10.6 Å². The average molecular weight is 457 g/mol. The van der Waals surface area contributed by atoms with Crippen molar-refractivity contribution in [3.8, 4) is 0 Å². The Hall–Kier alpha value is -4.52. The van der Waals surface area contributed by atoms with Gasteiger partial charge in [0.15, 0.2) is 11.6 Å². The number of nitrogens with one attached hydrogen (secondary N) is 2. The van der Waals surface area contributed by atoms with Crippen LogP contribution in [0.25, 0.3) is 0 Å². The lowest BCUT2D eigenvalue weighted by atomic mass is 9.76. The number of carbonyl (C=O) groups excluding carboxylic acids is 1. The first-order chi connectivity index (χ1) is 16.5. The third kappa shape index (κ3) is 4.49. The van der Waals surface area contributed by atoms with E-state index >= 15 is 0 Å². The molecule has 0 radical (unpaired) electrons. The second-order valence-corrected chi connectivity index (χ2v) is 7.45. The normalized spacial score (nSPS) is 11.6. The number of aromatic nitrogens is 1. The predicted molar refractivity (Wildman–Crippen MR) is 126 cm³/mol. The highest BCUT2D eigenvalue weighted by Gasteiger charge is 2.38. The Kier molecular flexibility index (Phi) is 6.64. The van der Waals surface area contributed by atoms with Gasteiger partial charge in [0.25, 0.3) is 5.91 Å². The second kappa shape index (κ2) is 9.95. The van der Waals surface area contributed by atoms with E-state index in [4.69, 9.17) is 0 Å². The monoisotopic (exact) mass is 457 g/mol. The molecule has 4 rings (SSSR count). The van der Waals surface area contributed by atoms with Gasteiger partial charge < -0.3 is 15.7 Å². The predicted octanol–water partition coefficient (Wildman–Crippen LogP) is 5.28. The lowest BCUT2D eigenvalue weighted by molar-refractivity contribution is -0.113. The van der Waals surface area contributed by atoms with Gasteiger partial charge in [-0.05, 0) is 16.7 Å². The Morgan fingerprint density at radius 3 is 1.71 bits per heavy atom. The number of aliphatic hydroxyl groups excluding tert-OH is 1. The fraction of sp³-hybridized carbons (Fsp3) is 0.0370. The molecule has 170 valence electrons. The topological polar surface area (TPSA) is 74.2 Å². The lowest BCUT2D eigenvalue weighted by Gasteiger charge is -2.38. The van der Waals surface area contributed by atoms with E-state index in [2.05, 4.69) is 15.6 Å². The molecule has 0 spiro atoms. The van der Waals surface area contributed by atoms with Gasteiger partial charge in [0.1, 0.15) is 23.3 Å². The van der Waals surface area contributed by atoms with Crippen molar-refractivity contribution in [1.29, 1.82) is 0 Å². The number of carbonyl (C=O) groups is 1. The maximum atomic E-state index is 14.1. The van der Waals surface area contributed by atoms with Gasteiger partial charge in [-0.1, -0.05) is 91.0 Å². The fourth-order valence-corrected chi connectivity index (χ4v) is 3.81. The molecule has 0 fully saturated rings. The first-order valence-electron chi connectivity index (χ1n) is 10.5. The van der Waals surface area contributed by atoms with Crippen molar-refractivity contribution in [2.75, 3.05) is 5.32 Å². The van der Waals surface area contributed by atoms with Crippen molar-refractivity contribution in [2.45, 2.75) is 5.54 Å². The number of pyridine rings is 1. The van der Waals surface area contributed by atoms with Crippen LogP contribution in [0.2, 0.25) is 0 Å². The summed E-state index contributed by atoms with van der Waals surface area (Å²) in [7, 11) is 0. The first kappa shape index (κ1) is 22.7. The fourth-order valence-electron chi connectivity index (χ4n) is 3.81. The van der Waals surface area contributed by atoms with E-state index in [9.17, 15) is 18.7 Å². The standard InChI is InChI=1S/C27H21F2N3O2/c28-22-16-23(29)25(30-17-22)31-26(34)24(18-33)32-27(19-10-4-1-5-11-19,20-12-6-2-7-13-20)21-14-8-3-9-15-21/h1-18,32-33H,(H,30,31,34). The highest BCUT2D eigenvalue weighted by molar-refractivity contribution is 6.02. The molecule has 5 nitrogen and oxygen atoms in total. The third-order valence-electron chi connectivity index (χ3n) is 5.36. The molecule has 0 aliphatic heterocycles. The van der Waals surface area contributed by atoms with Crippen molar-refractivity contribution in [3.05, 3.63) is 144 Å². The van der Waals surface area contributed by atoms with Crippen LogP contribution >= 0.6 is 0 Å². The van der Waals surface area contributed by atoms with Crippen molar-refractivity contribution in [2.24, 2.45) is 0 Å². The van der Waals surface area contributed by atoms with Gasteiger partial charge in [0.2, 0.25) is 0 Å². The molecule has 0 aliphatic rings. The molecule has 7 heteroatoms. The zero-order valence-corrected chi connectivity index (χ0v) is 18.0. The van der Waals surface area contributed by atoms with Gasteiger partial charge in [-0.2, -0.15) is 0 Å². The number of nitrogens with zero attached hydrogens (tertiary/aromatic N) is 1. The number of benzene rings is 3. The van der Waals surface area contributed by atoms with Crippen molar-refractivity contribution < 1.29 is 18.7 Å². The second-order valence-electron chi connectivity index (χ2n) is 7.45. The number of anilines is 1. The number of hydrogen-bond acceptors (Lipinski definition) is 4. The summed E-state index contributed by atoms with van der Waals surface area (Å²) < 4.78 is 27.3. The summed E-state index contributed by atoms with van der Waals surface area (Å²) in [5.41, 5.74) is 1.05. The summed E-state index contributed by atoms with van der Waals surface area (Å²) in [6.45, 7) is 0. The van der Waals surface area contributed by atoms with Gasteiger partial charge in [-0.15, -0.1) is 0 Å². The molecule has 1 amide bonds. The van der Waals surface area contributed by atoms with E-state index in [-0.39, 0.29) is 5.70 Å². The maximum absolute atomic E-state index is 14.1. The van der Waals surface area contributed by atoms with Gasteiger partial charge in [-0.25, -0.2) is 13.8 Å². The van der Waals surface area contributed by atoms with Crippen LogP contribution in [0.4, 0.5) is 14.6 Å². The largest absolute Gasteiger partial charge is 0.513 e. The van der Waals surface area contributed by atoms with Crippen LogP contribution in [-0.2, 0) is 10.3 Å². The van der Waals surface area contributed by atoms with E-state index in [0.717, 1.165) is 22.9 Å². The highest BCUT2D eigenvalue weighted by atomic mass is 19.1. The zero-order chi connectivity index (χ0) is 24.0. The molecule has 0 unspecified atom stereocenters. The quantitative estimate of drug-likeness (QED) is 0.201. The Morgan fingerprint density at radius 1 is 0.824 bits per heavy atom. The summed E-state index contributed by atoms with van der Waals surface area (Å²) in [4.78, 5) is 16.6. The number of rotatable bonds is 7. The minimum Gasteiger partial charge on any atom is -0.513 e. The smallest absolute Gasteiger partial charge is 0.276 e. The molecule has 0 aliphatic carbocycles. The molecular formula is C27H21F2N3O2. The number of halogens is 2. The summed E-state index contributed by atoms with van der Waals surface area (Å²) in [5, 5.41) is 15.5. The van der Waals surface area contributed by atoms with Gasteiger partial charge >= 0.3 is 0 Å². The van der Waals surface area contributed by atoms with E-state index in [0.29, 0.717) is 12.3 Å². The lowest BCUT2D eigenvalue weighted by Crippen LogP contribution is -2.46. The Labute approximate surface area is 195 Å². The molecule has 34 heavy (non-hydrogen) atoms. The maximum Gasteiger partial charge on any atom is 0.276 e. The molecule has 0 saturated heterocycles. The van der Waals surface area contributed by atoms with Crippen LogP contribution in [0.3, 0.4) is 0 Å². The van der Waals surface area contributed by atoms with Crippen LogP contribution in [0, 0.1) is 11.6 Å². The molecule has 3 aromatic carbocycles. The highest BCUT2D eigenvalue weighted by Crippen LogP contribution is 2.37. The van der Waals surface area contributed by atoms with Gasteiger partial charge in [0, 0.05) is 6.07 Å². The first-order valence-corrected chi connectivity index (χ1v) is 10.5. The Bertz CT molecular complexity index is 1200. The van der Waals surface area contributed by atoms with Gasteiger partial charge in [-0.3, -0.25) is 4.79 Å². The number of aliphatic hydroxyl groups is 1. The number of hydrogen-bond donors (Lipinski definition) is 3. The third-order valence-corrected chi connectivity index (χ3v) is 5.36. The summed E-state index contributed by atoms with van der Waals surface area (Å²) in [5.74, 6) is -3.22. The zero-order valence-electron chi connectivity index (χ0n) is 18.0. The summed E-state index contributed by atoms with van der Waals surface area (Å²) in [6.07, 6.45) is 1.40. The van der Waals surface area contributed by atoms with Crippen molar-refractivity contribution in [3.63, 3.8) is 0 Å². The van der Waals surface area contributed by atoms with Crippen LogP contribution in [0.1, 0.15) is 16.7 Å². The Morgan fingerprint density at radius 2 is 1.29 bits per heavy atom. The van der Waals surface area contributed by atoms with E-state index in [1.807, 2.05) is 91.0 Å². The molecule has 0 atom stereocenters. The minimum absolute atomic E-state index is 0.248. The summed E-state index contributed by atoms with van der Waals surface area (Å²) in [6, 6.07) is 28.9. The molecule has 1 heterocycles. The van der Waals surface area contributed by atoms with Crippen LogP contribution in [0.15, 0.2) is 115 Å². The number of amides is 1. The van der Waals surface area contributed by atoms with E-state index in [1.54, 1.807) is 0 Å². The molecule has 0 saturated carbocycles. The van der Waals surface area contributed by atoms with Crippen molar-refractivity contribution >= 4 is 11.7 Å². The Balaban J connectivity index is 1.82. The molecule has 4 aromatic rings. The minimum atomic E-state index is -1.09. The van der Waals surface area contributed by atoms with E-state index < -0.39 is 28.9 Å². The molecule has 3 N–H and O–H groups in total. The van der Waals surface area contributed by atoms with Crippen molar-refractivity contribution in [1.82, 2.24) is 10.3 Å². The molecule has 0 bridgehead atoms. The van der Waals surface area contributed by atoms with Crippen LogP contribution in [-0.4, -0.2) is 16.0 Å². The summed E-state index contributed by atoms with van der Waals surface area (Å²) >= 11 is 0. The van der Waals surface area contributed by atoms with Crippen LogP contribution in [0.5, 0.6) is 0 Å². The molecule has 1 aromatic heterocycles. The molecular weight excluding hydrogens is 436 g/mol.